The molecule has 1 heterocycles. The summed E-state index contributed by atoms with van der Waals surface area (Å²) in [5, 5.41) is 12.3. The van der Waals surface area contributed by atoms with E-state index in [0.717, 1.165) is 32.1 Å². The Hall–Kier alpha value is -1.62. The zero-order valence-corrected chi connectivity index (χ0v) is 10.2. The maximum atomic E-state index is 12.1. The van der Waals surface area contributed by atoms with Gasteiger partial charge in [0, 0.05) is 18.5 Å². The van der Waals surface area contributed by atoms with Gasteiger partial charge in [-0.15, -0.1) is 0 Å². The lowest BCUT2D eigenvalue weighted by molar-refractivity contribution is 0.0757. The van der Waals surface area contributed by atoms with Crippen molar-refractivity contribution in [3.63, 3.8) is 0 Å². The van der Waals surface area contributed by atoms with Gasteiger partial charge in [-0.25, -0.2) is 0 Å². The lowest BCUT2D eigenvalue weighted by atomic mass is 9.82. The Morgan fingerprint density at radius 3 is 2.72 bits per heavy atom. The zero-order valence-electron chi connectivity index (χ0n) is 10.2. The molecule has 1 fully saturated rings. The second kappa shape index (κ2) is 5.35. The van der Waals surface area contributed by atoms with Crippen LogP contribution in [0.15, 0.2) is 23.3 Å². The van der Waals surface area contributed by atoms with Gasteiger partial charge in [-0.05, 0) is 12.8 Å². The molecule has 1 saturated carbocycles. The number of aromatic nitrogens is 1. The standard InChI is InChI=1S/C13H18N2O3/c16-9-13(5-2-1-3-6-13)15-12(18)10-8-14-7-4-11(10)17/h4,7-8,16H,1-3,5-6,9H2,(H,14,17)(H,15,18). The summed E-state index contributed by atoms with van der Waals surface area (Å²) in [7, 11) is 0. The van der Waals surface area contributed by atoms with E-state index in [0.29, 0.717) is 0 Å². The summed E-state index contributed by atoms with van der Waals surface area (Å²) >= 11 is 0. The molecule has 18 heavy (non-hydrogen) atoms. The van der Waals surface area contributed by atoms with Crippen molar-refractivity contribution >= 4 is 5.91 Å². The summed E-state index contributed by atoms with van der Waals surface area (Å²) in [6.07, 6.45) is 7.52. The molecule has 0 bridgehead atoms. The molecule has 2 rings (SSSR count). The molecular formula is C13H18N2O3. The monoisotopic (exact) mass is 250 g/mol. The molecule has 0 radical (unpaired) electrons. The Labute approximate surface area is 105 Å². The normalized spacial score (nSPS) is 18.3. The minimum Gasteiger partial charge on any atom is -0.394 e. The highest BCUT2D eigenvalue weighted by Gasteiger charge is 2.33. The predicted octanol–water partition coefficient (Wildman–Crippen LogP) is 0.800. The number of carbonyl (C=O) groups is 1. The molecule has 5 heteroatoms. The molecule has 0 spiro atoms. The molecule has 1 aromatic rings. The van der Waals surface area contributed by atoms with E-state index in [1.165, 1.54) is 18.5 Å². The summed E-state index contributed by atoms with van der Waals surface area (Å²) in [5.74, 6) is -0.409. The summed E-state index contributed by atoms with van der Waals surface area (Å²) in [4.78, 5) is 26.3. The van der Waals surface area contributed by atoms with Crippen LogP contribution >= 0.6 is 0 Å². The number of H-pyrrole nitrogens is 1. The summed E-state index contributed by atoms with van der Waals surface area (Å²) < 4.78 is 0. The van der Waals surface area contributed by atoms with E-state index in [1.54, 1.807) is 0 Å². The highest BCUT2D eigenvalue weighted by Crippen LogP contribution is 2.27. The Kier molecular flexibility index (Phi) is 3.81. The van der Waals surface area contributed by atoms with E-state index in [9.17, 15) is 14.7 Å². The third-order valence-electron chi connectivity index (χ3n) is 3.56. The first-order chi connectivity index (χ1) is 8.67. The van der Waals surface area contributed by atoms with Crippen molar-refractivity contribution in [1.29, 1.82) is 0 Å². The Bertz CT molecular complexity index is 475. The number of aliphatic hydroxyl groups excluding tert-OH is 1. The fraction of sp³-hybridized carbons (Fsp3) is 0.538. The van der Waals surface area contributed by atoms with Gasteiger partial charge in [0.05, 0.1) is 12.1 Å². The number of aliphatic hydroxyl groups is 1. The van der Waals surface area contributed by atoms with Crippen LogP contribution in [-0.4, -0.2) is 28.1 Å². The molecule has 1 aliphatic rings. The van der Waals surface area contributed by atoms with E-state index in [4.69, 9.17) is 0 Å². The SMILES string of the molecule is O=C(NC1(CO)CCCCC1)c1c[nH]ccc1=O. The fourth-order valence-corrected chi connectivity index (χ4v) is 2.45. The fourth-order valence-electron chi connectivity index (χ4n) is 2.45. The van der Waals surface area contributed by atoms with Crippen LogP contribution in [0.3, 0.4) is 0 Å². The Morgan fingerprint density at radius 1 is 1.39 bits per heavy atom. The number of hydrogen-bond donors (Lipinski definition) is 3. The first kappa shape index (κ1) is 12.8. The van der Waals surface area contributed by atoms with Crippen LogP contribution in [0.5, 0.6) is 0 Å². The topological polar surface area (TPSA) is 82.2 Å². The van der Waals surface area contributed by atoms with Crippen molar-refractivity contribution < 1.29 is 9.90 Å². The van der Waals surface area contributed by atoms with Crippen LogP contribution in [-0.2, 0) is 0 Å². The second-order valence-corrected chi connectivity index (χ2v) is 4.88. The second-order valence-electron chi connectivity index (χ2n) is 4.88. The largest absolute Gasteiger partial charge is 0.394 e. The smallest absolute Gasteiger partial charge is 0.257 e. The van der Waals surface area contributed by atoms with Crippen LogP contribution in [0.4, 0.5) is 0 Å². The van der Waals surface area contributed by atoms with Crippen molar-refractivity contribution in [1.82, 2.24) is 10.3 Å². The van der Waals surface area contributed by atoms with Crippen LogP contribution < -0.4 is 10.7 Å². The summed E-state index contributed by atoms with van der Waals surface area (Å²) in [5.41, 5.74) is -0.775. The average molecular weight is 250 g/mol. The molecule has 5 nitrogen and oxygen atoms in total. The van der Waals surface area contributed by atoms with Gasteiger partial charge >= 0.3 is 0 Å². The number of rotatable bonds is 3. The average Bonchev–Trinajstić information content (AvgIpc) is 2.40. The van der Waals surface area contributed by atoms with E-state index in [-0.39, 0.29) is 17.6 Å². The van der Waals surface area contributed by atoms with Crippen molar-refractivity contribution in [3.8, 4) is 0 Å². The first-order valence-corrected chi connectivity index (χ1v) is 6.27. The van der Waals surface area contributed by atoms with Gasteiger partial charge in [0.1, 0.15) is 5.56 Å². The Balaban J connectivity index is 2.15. The molecule has 0 atom stereocenters. The number of amides is 1. The van der Waals surface area contributed by atoms with Gasteiger partial charge in [0.15, 0.2) is 5.43 Å². The molecule has 0 aromatic carbocycles. The van der Waals surface area contributed by atoms with Crippen molar-refractivity contribution in [2.45, 2.75) is 37.6 Å². The van der Waals surface area contributed by atoms with Gasteiger partial charge in [-0.3, -0.25) is 9.59 Å². The summed E-state index contributed by atoms with van der Waals surface area (Å²) in [6.45, 7) is -0.0799. The quantitative estimate of drug-likeness (QED) is 0.742. The third-order valence-corrected chi connectivity index (χ3v) is 3.56. The van der Waals surface area contributed by atoms with E-state index >= 15 is 0 Å². The van der Waals surface area contributed by atoms with Gasteiger partial charge in [0.25, 0.3) is 5.91 Å². The van der Waals surface area contributed by atoms with Crippen LogP contribution in [0.1, 0.15) is 42.5 Å². The van der Waals surface area contributed by atoms with Gasteiger partial charge in [-0.1, -0.05) is 19.3 Å². The highest BCUT2D eigenvalue weighted by atomic mass is 16.3. The molecule has 3 N–H and O–H groups in total. The predicted molar refractivity (Wildman–Crippen MR) is 67.4 cm³/mol. The zero-order chi connectivity index (χ0) is 13.0. The third kappa shape index (κ3) is 2.61. The van der Waals surface area contributed by atoms with Crippen molar-refractivity contribution in [2.24, 2.45) is 0 Å². The molecular weight excluding hydrogens is 232 g/mol. The molecule has 0 aliphatic heterocycles. The first-order valence-electron chi connectivity index (χ1n) is 6.27. The number of pyridine rings is 1. The number of hydrogen-bond acceptors (Lipinski definition) is 3. The summed E-state index contributed by atoms with van der Waals surface area (Å²) in [6, 6.07) is 1.32. The van der Waals surface area contributed by atoms with Crippen LogP contribution in [0.2, 0.25) is 0 Å². The van der Waals surface area contributed by atoms with Gasteiger partial charge in [-0.2, -0.15) is 0 Å². The number of aromatic amines is 1. The molecule has 0 unspecified atom stereocenters. The maximum absolute atomic E-state index is 12.1. The number of nitrogens with one attached hydrogen (secondary N) is 2. The van der Waals surface area contributed by atoms with E-state index in [1.807, 2.05) is 0 Å². The van der Waals surface area contributed by atoms with Crippen molar-refractivity contribution in [2.75, 3.05) is 6.61 Å². The van der Waals surface area contributed by atoms with E-state index in [2.05, 4.69) is 10.3 Å². The van der Waals surface area contributed by atoms with E-state index < -0.39 is 11.4 Å². The minimum absolute atomic E-state index is 0.0799. The molecule has 1 amide bonds. The lowest BCUT2D eigenvalue weighted by Crippen LogP contribution is -2.53. The molecule has 98 valence electrons. The van der Waals surface area contributed by atoms with Gasteiger partial charge < -0.3 is 15.4 Å². The Morgan fingerprint density at radius 2 is 2.11 bits per heavy atom. The lowest BCUT2D eigenvalue weighted by Gasteiger charge is -2.36. The molecule has 1 aliphatic carbocycles. The maximum Gasteiger partial charge on any atom is 0.257 e. The number of carbonyl (C=O) groups excluding carboxylic acids is 1. The minimum atomic E-state index is -0.558. The molecule has 0 saturated heterocycles. The van der Waals surface area contributed by atoms with Crippen LogP contribution in [0.25, 0.3) is 0 Å². The van der Waals surface area contributed by atoms with Gasteiger partial charge in [0.2, 0.25) is 0 Å². The van der Waals surface area contributed by atoms with Crippen LogP contribution in [0, 0.1) is 0 Å². The highest BCUT2D eigenvalue weighted by molar-refractivity contribution is 5.94. The van der Waals surface area contributed by atoms with Crippen molar-refractivity contribution in [3.05, 3.63) is 34.2 Å². The molecule has 1 aromatic heterocycles.